The van der Waals surface area contributed by atoms with Crippen LogP contribution < -0.4 is 0 Å². The zero-order valence-corrected chi connectivity index (χ0v) is 23.9. The summed E-state index contributed by atoms with van der Waals surface area (Å²) in [4.78, 5) is 5.52. The van der Waals surface area contributed by atoms with Crippen LogP contribution in [0.1, 0.15) is 47.4 Å². The summed E-state index contributed by atoms with van der Waals surface area (Å²) >= 11 is 0. The first kappa shape index (κ1) is 25.5. The summed E-state index contributed by atoms with van der Waals surface area (Å²) in [5.41, 5.74) is 4.50. The van der Waals surface area contributed by atoms with Gasteiger partial charge in [0.1, 0.15) is 5.60 Å². The summed E-state index contributed by atoms with van der Waals surface area (Å²) < 4.78 is 0. The molecule has 0 amide bonds. The van der Waals surface area contributed by atoms with E-state index in [9.17, 15) is 5.11 Å². The molecular weight excluding hydrogens is 500 g/mol. The van der Waals surface area contributed by atoms with Crippen LogP contribution in [-0.2, 0) is 12.1 Å². The van der Waals surface area contributed by atoms with Crippen molar-refractivity contribution in [3.05, 3.63) is 144 Å². The second kappa shape index (κ2) is 9.39. The zero-order valence-electron chi connectivity index (χ0n) is 23.9. The Morgan fingerprint density at radius 3 is 1.95 bits per heavy atom. The molecule has 2 aliphatic carbocycles. The lowest BCUT2D eigenvalue weighted by molar-refractivity contribution is -0.0907. The highest BCUT2D eigenvalue weighted by Crippen LogP contribution is 2.96. The van der Waals surface area contributed by atoms with Crippen LogP contribution in [0, 0.1) is 17.3 Å². The number of hydrogen-bond donors (Lipinski definition) is 1. The lowest BCUT2D eigenvalue weighted by Gasteiger charge is -2.44. The quantitative estimate of drug-likeness (QED) is 0.284. The van der Waals surface area contributed by atoms with E-state index in [0.717, 1.165) is 44.7 Å². The largest absolute Gasteiger partial charge is 0.384 e. The lowest BCUT2D eigenvalue weighted by Crippen LogP contribution is -2.51. The monoisotopic (exact) mass is 540 g/mol. The van der Waals surface area contributed by atoms with Crippen molar-refractivity contribution in [1.29, 1.82) is 0 Å². The molecule has 8 rings (SSSR count). The molecule has 41 heavy (non-hydrogen) atoms. The van der Waals surface area contributed by atoms with Gasteiger partial charge in [-0.05, 0) is 34.6 Å². The molecule has 0 bridgehead atoms. The van der Waals surface area contributed by atoms with Crippen LogP contribution in [0.15, 0.2) is 121 Å². The molecule has 0 radical (unpaired) electrons. The molecule has 208 valence electrons. The van der Waals surface area contributed by atoms with Gasteiger partial charge >= 0.3 is 0 Å². The number of hydrogen-bond acceptors (Lipinski definition) is 3. The minimum Gasteiger partial charge on any atom is -0.384 e. The lowest BCUT2D eigenvalue weighted by atomic mass is 9.71. The summed E-state index contributed by atoms with van der Waals surface area (Å²) in [5, 5.41) is 12.7. The molecule has 2 heterocycles. The summed E-state index contributed by atoms with van der Waals surface area (Å²) in [6.07, 6.45) is 1.09. The maximum absolute atomic E-state index is 12.7. The van der Waals surface area contributed by atoms with E-state index in [0.29, 0.717) is 17.8 Å². The van der Waals surface area contributed by atoms with E-state index in [-0.39, 0.29) is 16.9 Å². The topological polar surface area (TPSA) is 26.7 Å². The van der Waals surface area contributed by atoms with Gasteiger partial charge < -0.3 is 5.11 Å². The average Bonchev–Trinajstić information content (AvgIpc) is 3.83. The molecule has 4 fully saturated rings. The second-order valence-electron chi connectivity index (χ2n) is 13.3. The number of rotatable bonds is 7. The molecule has 3 nitrogen and oxygen atoms in total. The van der Waals surface area contributed by atoms with Crippen LogP contribution in [0.25, 0.3) is 0 Å². The molecule has 0 aromatic heterocycles. The third kappa shape index (κ3) is 3.62. The van der Waals surface area contributed by atoms with Crippen molar-refractivity contribution in [1.82, 2.24) is 9.80 Å². The molecule has 4 aromatic rings. The highest BCUT2D eigenvalue weighted by Gasteiger charge is 3.00. The number of benzene rings is 4. The highest BCUT2D eigenvalue weighted by atomic mass is 16.3. The van der Waals surface area contributed by atoms with Crippen molar-refractivity contribution in [3.63, 3.8) is 0 Å². The zero-order chi connectivity index (χ0) is 27.7. The molecule has 2 saturated heterocycles. The summed E-state index contributed by atoms with van der Waals surface area (Å²) in [7, 11) is 0. The fraction of sp³-hybridized carbons (Fsp3) is 0.368. The first-order valence-electron chi connectivity index (χ1n) is 15.5. The minimum absolute atomic E-state index is 0.0551. The Bertz CT molecular complexity index is 1510. The third-order valence-corrected chi connectivity index (χ3v) is 11.3. The Balaban J connectivity index is 1.13. The van der Waals surface area contributed by atoms with Crippen molar-refractivity contribution in [2.75, 3.05) is 26.2 Å². The predicted molar refractivity (Wildman–Crippen MR) is 164 cm³/mol. The third-order valence-electron chi connectivity index (χ3n) is 11.3. The van der Waals surface area contributed by atoms with Crippen molar-refractivity contribution in [3.8, 4) is 0 Å². The van der Waals surface area contributed by atoms with Gasteiger partial charge in [-0.25, -0.2) is 0 Å². The molecule has 4 aromatic carbocycles. The Kier molecular flexibility index (Phi) is 5.83. The van der Waals surface area contributed by atoms with Gasteiger partial charge in [0.05, 0.1) is 0 Å². The Hall–Kier alpha value is -3.24. The first-order chi connectivity index (χ1) is 20.1. The van der Waals surface area contributed by atoms with Crippen molar-refractivity contribution >= 4 is 0 Å². The van der Waals surface area contributed by atoms with E-state index in [1.54, 1.807) is 0 Å². The molecule has 0 spiro atoms. The standard InChI is InChI=1S/C38H40N2O/c1-28-22-40(25-32-24-39(23-29-14-6-2-7-15-29)26-34(32)30-16-8-3-9-17-30)37-27-36(37,35(37)31-18-10-4-11-19-31)38(28,41)33-20-12-5-13-21-33/h2-21,28,32,34-35,41H,22-27H2,1H3/t28?,32-,34-,35?,36?,37?,38?/m1/s1. The van der Waals surface area contributed by atoms with Gasteiger partial charge in [0.2, 0.25) is 0 Å². The van der Waals surface area contributed by atoms with E-state index in [1.165, 1.54) is 16.7 Å². The van der Waals surface area contributed by atoms with E-state index < -0.39 is 5.60 Å². The van der Waals surface area contributed by atoms with Crippen LogP contribution in [-0.4, -0.2) is 46.6 Å². The molecule has 4 aliphatic rings. The van der Waals surface area contributed by atoms with Gasteiger partial charge in [0, 0.05) is 61.4 Å². The van der Waals surface area contributed by atoms with E-state index in [1.807, 2.05) is 0 Å². The van der Waals surface area contributed by atoms with Gasteiger partial charge in [-0.15, -0.1) is 0 Å². The van der Waals surface area contributed by atoms with Gasteiger partial charge in [0.15, 0.2) is 0 Å². The smallest absolute Gasteiger partial charge is 0.101 e. The fourth-order valence-corrected chi connectivity index (χ4v) is 9.52. The summed E-state index contributed by atoms with van der Waals surface area (Å²) in [5.74, 6) is 1.61. The van der Waals surface area contributed by atoms with Crippen LogP contribution in [0.3, 0.4) is 0 Å². The number of piperidine rings is 1. The van der Waals surface area contributed by atoms with Crippen LogP contribution >= 0.6 is 0 Å². The van der Waals surface area contributed by atoms with Crippen LogP contribution in [0.5, 0.6) is 0 Å². The normalized spacial score (nSPS) is 36.0. The van der Waals surface area contributed by atoms with Crippen LogP contribution in [0.2, 0.25) is 0 Å². The highest BCUT2D eigenvalue weighted by molar-refractivity contribution is 5.61. The molecule has 5 unspecified atom stereocenters. The number of aliphatic hydroxyl groups is 1. The molecule has 2 aliphatic heterocycles. The van der Waals surface area contributed by atoms with Gasteiger partial charge in [-0.2, -0.15) is 0 Å². The SMILES string of the molecule is CC1CN(C[C@H]2CN(Cc3ccccc3)C[C@@H]2c2ccccc2)C23CC2(C3c2ccccc2)C1(O)c1ccccc1. The fourth-order valence-electron chi connectivity index (χ4n) is 9.52. The molecule has 1 N–H and O–H groups in total. The Morgan fingerprint density at radius 1 is 0.707 bits per heavy atom. The van der Waals surface area contributed by atoms with Gasteiger partial charge in [-0.3, -0.25) is 9.80 Å². The van der Waals surface area contributed by atoms with Crippen molar-refractivity contribution < 1.29 is 5.11 Å². The van der Waals surface area contributed by atoms with E-state index >= 15 is 0 Å². The number of likely N-dealkylation sites (tertiary alicyclic amines) is 2. The maximum Gasteiger partial charge on any atom is 0.101 e. The molecule has 3 heteroatoms. The molecule has 2 saturated carbocycles. The Morgan fingerprint density at radius 2 is 1.29 bits per heavy atom. The predicted octanol–water partition coefficient (Wildman–Crippen LogP) is 6.67. The molecular formula is C38H40N2O. The molecule has 7 atom stereocenters. The Labute approximate surface area is 244 Å². The second-order valence-corrected chi connectivity index (χ2v) is 13.3. The number of nitrogens with zero attached hydrogens (tertiary/aromatic N) is 2. The van der Waals surface area contributed by atoms with Crippen molar-refractivity contribution in [2.24, 2.45) is 17.3 Å². The minimum atomic E-state index is -0.806. The van der Waals surface area contributed by atoms with Gasteiger partial charge in [-0.1, -0.05) is 128 Å². The van der Waals surface area contributed by atoms with Crippen molar-refractivity contribution in [2.45, 2.75) is 42.9 Å². The van der Waals surface area contributed by atoms with Crippen LogP contribution in [0.4, 0.5) is 0 Å². The summed E-state index contributed by atoms with van der Waals surface area (Å²) in [6, 6.07) is 43.8. The van der Waals surface area contributed by atoms with Gasteiger partial charge in [0.25, 0.3) is 0 Å². The first-order valence-corrected chi connectivity index (χ1v) is 15.5. The van der Waals surface area contributed by atoms with E-state index in [4.69, 9.17) is 0 Å². The van der Waals surface area contributed by atoms with E-state index in [2.05, 4.69) is 138 Å². The maximum atomic E-state index is 12.7. The average molecular weight is 541 g/mol. The summed E-state index contributed by atoms with van der Waals surface area (Å²) in [6.45, 7) is 7.54.